The average Bonchev–Trinajstić information content (AvgIpc) is 3.23. The molecule has 0 N–H and O–H groups in total. The van der Waals surface area contributed by atoms with Crippen LogP contribution < -0.4 is 9.47 Å². The van der Waals surface area contributed by atoms with Crippen molar-refractivity contribution >= 4 is 0 Å². The van der Waals surface area contributed by atoms with E-state index in [9.17, 15) is 0 Å². The van der Waals surface area contributed by atoms with E-state index in [0.29, 0.717) is 19.3 Å². The lowest BCUT2D eigenvalue weighted by Gasteiger charge is -2.28. The van der Waals surface area contributed by atoms with Crippen LogP contribution in [0.4, 0.5) is 0 Å². The summed E-state index contributed by atoms with van der Waals surface area (Å²) in [4.78, 5) is 2.59. The third-order valence-corrected chi connectivity index (χ3v) is 5.25. The number of nitrogens with zero attached hydrogens (tertiary/aromatic N) is 1. The summed E-state index contributed by atoms with van der Waals surface area (Å²) in [6, 6.07) is 17.6. The summed E-state index contributed by atoms with van der Waals surface area (Å²) in [6.45, 7) is 5.13. The van der Waals surface area contributed by atoms with Gasteiger partial charge >= 0.3 is 0 Å². The molecule has 4 heteroatoms. The molecule has 2 aromatic rings. The molecule has 0 saturated carbocycles. The highest BCUT2D eigenvalue weighted by molar-refractivity contribution is 5.43. The Hall–Kier alpha value is -2.04. The van der Waals surface area contributed by atoms with Crippen LogP contribution >= 0.6 is 0 Å². The summed E-state index contributed by atoms with van der Waals surface area (Å²) in [5, 5.41) is 0. The topological polar surface area (TPSA) is 30.9 Å². The first-order chi connectivity index (χ1) is 12.9. The van der Waals surface area contributed by atoms with E-state index in [1.165, 1.54) is 11.1 Å². The van der Waals surface area contributed by atoms with Crippen LogP contribution in [0.25, 0.3) is 0 Å². The molecule has 0 spiro atoms. The van der Waals surface area contributed by atoms with Crippen LogP contribution in [0.2, 0.25) is 0 Å². The van der Waals surface area contributed by atoms with Gasteiger partial charge in [0.2, 0.25) is 0 Å². The number of benzene rings is 2. The van der Waals surface area contributed by atoms with Crippen LogP contribution in [0.5, 0.6) is 11.5 Å². The van der Waals surface area contributed by atoms with Crippen molar-refractivity contribution in [3.63, 3.8) is 0 Å². The maximum absolute atomic E-state index is 5.72. The van der Waals surface area contributed by atoms with Crippen LogP contribution in [0.1, 0.15) is 17.5 Å². The molecule has 0 bridgehead atoms. The average molecular weight is 353 g/mol. The quantitative estimate of drug-likeness (QED) is 0.764. The normalized spacial score (nSPS) is 19.0. The van der Waals surface area contributed by atoms with E-state index in [4.69, 9.17) is 14.2 Å². The van der Waals surface area contributed by atoms with Gasteiger partial charge in [-0.05, 0) is 42.5 Å². The molecular formula is C22H27NO3. The fourth-order valence-electron chi connectivity index (χ4n) is 3.72. The molecule has 1 fully saturated rings. The Bertz CT molecular complexity index is 698. The second kappa shape index (κ2) is 8.56. The van der Waals surface area contributed by atoms with E-state index in [1.807, 2.05) is 6.07 Å². The molecule has 1 saturated heterocycles. The van der Waals surface area contributed by atoms with Gasteiger partial charge in [0.1, 0.15) is 13.2 Å². The second-order valence-corrected chi connectivity index (χ2v) is 7.02. The maximum Gasteiger partial charge on any atom is 0.161 e. The molecule has 2 heterocycles. The SMILES string of the molecule is c1ccc(CCN(CCc2ccc3c(c2)OCCO3)C2CCOC2)cc1. The van der Waals surface area contributed by atoms with Crippen molar-refractivity contribution < 1.29 is 14.2 Å². The Kier molecular flexibility index (Phi) is 5.72. The van der Waals surface area contributed by atoms with Crippen molar-refractivity contribution in [1.82, 2.24) is 4.90 Å². The number of rotatable bonds is 7. The van der Waals surface area contributed by atoms with E-state index in [0.717, 1.165) is 57.1 Å². The molecule has 2 aliphatic heterocycles. The fourth-order valence-corrected chi connectivity index (χ4v) is 3.72. The highest BCUT2D eigenvalue weighted by Crippen LogP contribution is 2.31. The van der Waals surface area contributed by atoms with Gasteiger partial charge in [0, 0.05) is 25.7 Å². The molecule has 0 aliphatic carbocycles. The smallest absolute Gasteiger partial charge is 0.161 e. The number of hydrogen-bond acceptors (Lipinski definition) is 4. The highest BCUT2D eigenvalue weighted by atomic mass is 16.6. The van der Waals surface area contributed by atoms with Crippen LogP contribution in [0, 0.1) is 0 Å². The first-order valence-electron chi connectivity index (χ1n) is 9.63. The Morgan fingerprint density at radius 1 is 0.808 bits per heavy atom. The van der Waals surface area contributed by atoms with Gasteiger partial charge in [-0.25, -0.2) is 0 Å². The zero-order chi connectivity index (χ0) is 17.6. The van der Waals surface area contributed by atoms with E-state index < -0.39 is 0 Å². The van der Waals surface area contributed by atoms with Crippen molar-refractivity contribution in [3.8, 4) is 11.5 Å². The summed E-state index contributed by atoms with van der Waals surface area (Å²) >= 11 is 0. The minimum absolute atomic E-state index is 0.538. The maximum atomic E-state index is 5.72. The number of ether oxygens (including phenoxy) is 3. The van der Waals surface area contributed by atoms with Gasteiger partial charge < -0.3 is 14.2 Å². The van der Waals surface area contributed by atoms with Gasteiger partial charge in [-0.1, -0.05) is 36.4 Å². The zero-order valence-electron chi connectivity index (χ0n) is 15.2. The minimum Gasteiger partial charge on any atom is -0.486 e. The van der Waals surface area contributed by atoms with Gasteiger partial charge in [-0.15, -0.1) is 0 Å². The Morgan fingerprint density at radius 3 is 2.35 bits per heavy atom. The molecule has 0 aromatic heterocycles. The largest absolute Gasteiger partial charge is 0.486 e. The molecule has 26 heavy (non-hydrogen) atoms. The Balaban J connectivity index is 1.38. The first-order valence-corrected chi connectivity index (χ1v) is 9.63. The molecular weight excluding hydrogens is 326 g/mol. The van der Waals surface area contributed by atoms with Crippen LogP contribution in [0.15, 0.2) is 48.5 Å². The van der Waals surface area contributed by atoms with Crippen molar-refractivity contribution in [1.29, 1.82) is 0 Å². The summed E-state index contributed by atoms with van der Waals surface area (Å²) < 4.78 is 17.0. The Morgan fingerprint density at radius 2 is 1.58 bits per heavy atom. The fraction of sp³-hybridized carbons (Fsp3) is 0.455. The molecule has 0 radical (unpaired) electrons. The predicted molar refractivity (Wildman–Crippen MR) is 102 cm³/mol. The zero-order valence-corrected chi connectivity index (χ0v) is 15.2. The van der Waals surface area contributed by atoms with Crippen molar-refractivity contribution in [2.45, 2.75) is 25.3 Å². The predicted octanol–water partition coefficient (Wildman–Crippen LogP) is 3.33. The third kappa shape index (κ3) is 4.37. The van der Waals surface area contributed by atoms with Crippen LogP contribution in [0.3, 0.4) is 0 Å². The van der Waals surface area contributed by atoms with E-state index >= 15 is 0 Å². The van der Waals surface area contributed by atoms with Crippen molar-refractivity contribution in [2.75, 3.05) is 39.5 Å². The summed E-state index contributed by atoms with van der Waals surface area (Å²) in [7, 11) is 0. The van der Waals surface area contributed by atoms with Gasteiger partial charge in [0.15, 0.2) is 11.5 Å². The number of hydrogen-bond donors (Lipinski definition) is 0. The Labute approximate surface area is 155 Å². The molecule has 138 valence electrons. The molecule has 2 aromatic carbocycles. The van der Waals surface area contributed by atoms with Gasteiger partial charge in [0.05, 0.1) is 6.61 Å². The summed E-state index contributed by atoms with van der Waals surface area (Å²) in [6.07, 6.45) is 3.23. The minimum atomic E-state index is 0.538. The third-order valence-electron chi connectivity index (χ3n) is 5.25. The molecule has 0 amide bonds. The van der Waals surface area contributed by atoms with Gasteiger partial charge in [-0.3, -0.25) is 4.90 Å². The number of fused-ring (bicyclic) bond motifs is 1. The monoisotopic (exact) mass is 353 g/mol. The molecule has 2 aliphatic rings. The highest BCUT2D eigenvalue weighted by Gasteiger charge is 2.23. The van der Waals surface area contributed by atoms with Gasteiger partial charge in [0.25, 0.3) is 0 Å². The molecule has 4 rings (SSSR count). The molecule has 4 nitrogen and oxygen atoms in total. The van der Waals surface area contributed by atoms with Gasteiger partial charge in [-0.2, -0.15) is 0 Å². The molecule has 1 unspecified atom stereocenters. The lowest BCUT2D eigenvalue weighted by molar-refractivity contribution is 0.145. The van der Waals surface area contributed by atoms with E-state index in [1.54, 1.807) is 0 Å². The second-order valence-electron chi connectivity index (χ2n) is 7.02. The first kappa shape index (κ1) is 17.4. The van der Waals surface area contributed by atoms with Crippen LogP contribution in [-0.4, -0.2) is 50.5 Å². The van der Waals surface area contributed by atoms with E-state index in [2.05, 4.69) is 47.4 Å². The summed E-state index contributed by atoms with van der Waals surface area (Å²) in [5.41, 5.74) is 2.70. The van der Waals surface area contributed by atoms with Crippen molar-refractivity contribution in [3.05, 3.63) is 59.7 Å². The lowest BCUT2D eigenvalue weighted by Crippen LogP contribution is -2.38. The van der Waals surface area contributed by atoms with Crippen LogP contribution in [-0.2, 0) is 17.6 Å². The van der Waals surface area contributed by atoms with Crippen molar-refractivity contribution in [2.24, 2.45) is 0 Å². The standard InChI is InChI=1S/C22H27NO3/c1-2-4-18(5-3-1)8-11-23(20-10-13-24-17-20)12-9-19-6-7-21-22(16-19)26-15-14-25-21/h1-7,16,20H,8-15,17H2. The lowest BCUT2D eigenvalue weighted by atomic mass is 10.1. The van der Waals surface area contributed by atoms with E-state index in [-0.39, 0.29) is 0 Å². The summed E-state index contributed by atoms with van der Waals surface area (Å²) in [5.74, 6) is 1.75. The molecule has 1 atom stereocenters.